The zero-order valence-electron chi connectivity index (χ0n) is 7.38. The van der Waals surface area contributed by atoms with Crippen molar-refractivity contribution in [3.63, 3.8) is 0 Å². The number of aliphatic imine (C=N–C) groups is 1. The molecule has 2 rings (SSSR count). The third kappa shape index (κ3) is 1.92. The highest BCUT2D eigenvalue weighted by Crippen LogP contribution is 2.25. The molecule has 0 N–H and O–H groups in total. The van der Waals surface area contributed by atoms with Crippen molar-refractivity contribution in [2.75, 3.05) is 12.3 Å². The number of nitrogens with zero attached hydrogens (tertiary/aromatic N) is 1. The fourth-order valence-electron chi connectivity index (χ4n) is 1.74. The summed E-state index contributed by atoms with van der Waals surface area (Å²) in [5.41, 5.74) is 1.54. The molecule has 0 fully saturated rings. The summed E-state index contributed by atoms with van der Waals surface area (Å²) >= 11 is 1.94. The lowest BCUT2D eigenvalue weighted by molar-refractivity contribution is 0.715. The minimum Gasteiger partial charge on any atom is -0.277 e. The van der Waals surface area contributed by atoms with Crippen molar-refractivity contribution in [3.05, 3.63) is 11.6 Å². The molecule has 2 heteroatoms. The molecule has 1 heterocycles. The number of rotatable bonds is 1. The monoisotopic (exact) mass is 181 g/mol. The summed E-state index contributed by atoms with van der Waals surface area (Å²) in [7, 11) is 0. The van der Waals surface area contributed by atoms with Crippen LogP contribution in [0, 0.1) is 0 Å². The second-order valence-corrected chi connectivity index (χ2v) is 4.45. The van der Waals surface area contributed by atoms with Crippen molar-refractivity contribution >= 4 is 16.8 Å². The smallest absolute Gasteiger partial charge is 0.0934 e. The molecule has 1 nitrogen and oxygen atoms in total. The minimum absolute atomic E-state index is 1.04. The van der Waals surface area contributed by atoms with E-state index in [1.165, 1.54) is 48.5 Å². The summed E-state index contributed by atoms with van der Waals surface area (Å²) in [4.78, 5) is 4.51. The Morgan fingerprint density at radius 3 is 3.08 bits per heavy atom. The predicted molar refractivity (Wildman–Crippen MR) is 55.9 cm³/mol. The first-order chi connectivity index (χ1) is 5.97. The van der Waals surface area contributed by atoms with Gasteiger partial charge in [-0.1, -0.05) is 12.5 Å². The molecule has 0 unspecified atom stereocenters. The van der Waals surface area contributed by atoms with Crippen LogP contribution in [-0.4, -0.2) is 17.3 Å². The van der Waals surface area contributed by atoms with E-state index >= 15 is 0 Å². The third-order valence-corrected chi connectivity index (χ3v) is 3.45. The minimum atomic E-state index is 1.04. The molecule has 66 valence electrons. The summed E-state index contributed by atoms with van der Waals surface area (Å²) in [5.74, 6) is 1.20. The highest BCUT2D eigenvalue weighted by Gasteiger charge is 2.13. The van der Waals surface area contributed by atoms with Gasteiger partial charge >= 0.3 is 0 Å². The van der Waals surface area contributed by atoms with Crippen LogP contribution in [0.1, 0.15) is 32.1 Å². The van der Waals surface area contributed by atoms with Gasteiger partial charge in [-0.3, -0.25) is 4.99 Å². The second kappa shape index (κ2) is 4.13. The summed E-state index contributed by atoms with van der Waals surface area (Å²) in [6, 6.07) is 0. The van der Waals surface area contributed by atoms with Crippen LogP contribution in [0.2, 0.25) is 0 Å². The first-order valence-electron chi connectivity index (χ1n) is 4.83. The van der Waals surface area contributed by atoms with E-state index < -0.39 is 0 Å². The summed E-state index contributed by atoms with van der Waals surface area (Å²) in [6.07, 6.45) is 9.09. The highest BCUT2D eigenvalue weighted by atomic mass is 32.2. The Hall–Kier alpha value is -0.240. The largest absolute Gasteiger partial charge is 0.277 e. The molecule has 1 aliphatic carbocycles. The van der Waals surface area contributed by atoms with Gasteiger partial charge in [0.1, 0.15) is 0 Å². The van der Waals surface area contributed by atoms with Gasteiger partial charge in [-0.15, -0.1) is 11.8 Å². The summed E-state index contributed by atoms with van der Waals surface area (Å²) in [5, 5.41) is 1.34. The van der Waals surface area contributed by atoms with Crippen molar-refractivity contribution < 1.29 is 0 Å². The molecule has 0 saturated carbocycles. The van der Waals surface area contributed by atoms with Crippen LogP contribution in [0.3, 0.4) is 0 Å². The fraction of sp³-hybridized carbons (Fsp3) is 0.700. The van der Waals surface area contributed by atoms with Gasteiger partial charge in [0, 0.05) is 12.3 Å². The molecule has 2 aliphatic rings. The van der Waals surface area contributed by atoms with Crippen molar-refractivity contribution in [1.29, 1.82) is 0 Å². The molecular weight excluding hydrogens is 166 g/mol. The summed E-state index contributed by atoms with van der Waals surface area (Å²) < 4.78 is 0. The Kier molecular flexibility index (Phi) is 2.88. The number of hydrogen-bond donors (Lipinski definition) is 0. The molecule has 0 spiro atoms. The molecule has 0 aromatic carbocycles. The predicted octanol–water partition coefficient (Wildman–Crippen LogP) is 3.02. The Bertz CT molecular complexity index is 218. The van der Waals surface area contributed by atoms with Gasteiger partial charge in [0.2, 0.25) is 0 Å². The second-order valence-electron chi connectivity index (χ2n) is 3.36. The lowest BCUT2D eigenvalue weighted by Gasteiger charge is -2.02. The zero-order valence-corrected chi connectivity index (χ0v) is 8.20. The van der Waals surface area contributed by atoms with E-state index in [0.29, 0.717) is 0 Å². The third-order valence-electron chi connectivity index (χ3n) is 2.40. The van der Waals surface area contributed by atoms with E-state index in [-0.39, 0.29) is 0 Å². The Balaban J connectivity index is 2.04. The quantitative estimate of drug-likeness (QED) is 0.605. The van der Waals surface area contributed by atoms with Gasteiger partial charge in [-0.05, 0) is 31.3 Å². The van der Waals surface area contributed by atoms with Crippen LogP contribution in [0.5, 0.6) is 0 Å². The Morgan fingerprint density at radius 1 is 1.25 bits per heavy atom. The highest BCUT2D eigenvalue weighted by molar-refractivity contribution is 8.14. The van der Waals surface area contributed by atoms with Gasteiger partial charge < -0.3 is 0 Å². The maximum absolute atomic E-state index is 4.51. The lowest BCUT2D eigenvalue weighted by atomic mass is 10.1. The van der Waals surface area contributed by atoms with E-state index in [4.69, 9.17) is 0 Å². The maximum atomic E-state index is 4.51. The summed E-state index contributed by atoms with van der Waals surface area (Å²) in [6.45, 7) is 1.04. The van der Waals surface area contributed by atoms with Crippen molar-refractivity contribution in [2.45, 2.75) is 32.1 Å². The maximum Gasteiger partial charge on any atom is 0.0934 e. The van der Waals surface area contributed by atoms with E-state index in [1.807, 2.05) is 11.8 Å². The Labute approximate surface area is 78.3 Å². The average Bonchev–Trinajstić information content (AvgIpc) is 2.48. The number of thioether (sulfide) groups is 1. The van der Waals surface area contributed by atoms with Crippen LogP contribution in [0.15, 0.2) is 16.6 Å². The van der Waals surface area contributed by atoms with Crippen LogP contribution < -0.4 is 0 Å². The first-order valence-corrected chi connectivity index (χ1v) is 5.82. The Morgan fingerprint density at radius 2 is 2.25 bits per heavy atom. The van der Waals surface area contributed by atoms with Crippen LogP contribution in [0.4, 0.5) is 0 Å². The standard InChI is InChI=1S/C10H15NS/c1-2-4-6-9(5-3-1)10-11-7-8-12-10/h5H,1-4,6-8H2. The average molecular weight is 181 g/mol. The van der Waals surface area contributed by atoms with Crippen LogP contribution >= 0.6 is 11.8 Å². The molecular formula is C10H15NS. The first kappa shape index (κ1) is 8.36. The molecule has 0 radical (unpaired) electrons. The van der Waals surface area contributed by atoms with Crippen molar-refractivity contribution in [3.8, 4) is 0 Å². The lowest BCUT2D eigenvalue weighted by Crippen LogP contribution is -1.93. The van der Waals surface area contributed by atoms with Crippen molar-refractivity contribution in [2.24, 2.45) is 4.99 Å². The molecule has 0 aromatic rings. The van der Waals surface area contributed by atoms with Gasteiger partial charge in [0.25, 0.3) is 0 Å². The SMILES string of the molecule is C1=C(C2=NCCS2)CCCCC1. The van der Waals surface area contributed by atoms with E-state index in [0.717, 1.165) is 6.54 Å². The number of hydrogen-bond acceptors (Lipinski definition) is 2. The normalized spacial score (nSPS) is 24.7. The van der Waals surface area contributed by atoms with Crippen molar-refractivity contribution in [1.82, 2.24) is 0 Å². The van der Waals surface area contributed by atoms with E-state index in [1.54, 1.807) is 0 Å². The van der Waals surface area contributed by atoms with Crippen LogP contribution in [-0.2, 0) is 0 Å². The van der Waals surface area contributed by atoms with Gasteiger partial charge in [0.05, 0.1) is 5.04 Å². The molecule has 0 atom stereocenters. The molecule has 12 heavy (non-hydrogen) atoms. The fourth-order valence-corrected chi connectivity index (χ4v) is 2.67. The van der Waals surface area contributed by atoms with E-state index in [2.05, 4.69) is 11.1 Å². The van der Waals surface area contributed by atoms with E-state index in [9.17, 15) is 0 Å². The molecule has 1 aliphatic heterocycles. The number of allylic oxidation sites excluding steroid dienone is 1. The molecule has 0 amide bonds. The topological polar surface area (TPSA) is 12.4 Å². The zero-order chi connectivity index (χ0) is 8.23. The van der Waals surface area contributed by atoms with Gasteiger partial charge in [-0.25, -0.2) is 0 Å². The van der Waals surface area contributed by atoms with Gasteiger partial charge in [0.15, 0.2) is 0 Å². The molecule has 0 aromatic heterocycles. The van der Waals surface area contributed by atoms with Crippen LogP contribution in [0.25, 0.3) is 0 Å². The molecule has 0 saturated heterocycles. The molecule has 0 bridgehead atoms. The van der Waals surface area contributed by atoms with Gasteiger partial charge in [-0.2, -0.15) is 0 Å².